The molecule has 2 aromatic rings. The number of piperazine rings is 1. The zero-order chi connectivity index (χ0) is 17.8. The molecule has 4 rings (SSSR count). The van der Waals surface area contributed by atoms with E-state index in [-0.39, 0.29) is 5.91 Å². The predicted octanol–water partition coefficient (Wildman–Crippen LogP) is 1.58. The highest BCUT2D eigenvalue weighted by Gasteiger charge is 2.22. The van der Waals surface area contributed by atoms with Crippen LogP contribution in [0.1, 0.15) is 22.5 Å². The van der Waals surface area contributed by atoms with Gasteiger partial charge in [-0.3, -0.25) is 9.69 Å². The van der Waals surface area contributed by atoms with Crippen molar-refractivity contribution < 1.29 is 9.21 Å². The molecule has 2 aliphatic heterocycles. The highest BCUT2D eigenvalue weighted by Crippen LogP contribution is 2.31. The van der Waals surface area contributed by atoms with Gasteiger partial charge in [0.15, 0.2) is 11.6 Å². The normalized spacial score (nSPS) is 17.5. The number of aryl methyl sites for hydroxylation is 1. The molecule has 7 heteroatoms. The number of aromatic nitrogens is 1. The van der Waals surface area contributed by atoms with Crippen molar-refractivity contribution in [2.24, 2.45) is 0 Å². The summed E-state index contributed by atoms with van der Waals surface area (Å²) in [6.07, 6.45) is 5.76. The minimum atomic E-state index is -0.153. The summed E-state index contributed by atoms with van der Waals surface area (Å²) in [5, 5.41) is 6.43. The Hall–Kier alpha value is -2.54. The van der Waals surface area contributed by atoms with Gasteiger partial charge in [-0.15, -0.1) is 0 Å². The average molecular weight is 355 g/mol. The zero-order valence-corrected chi connectivity index (χ0v) is 14.9. The van der Waals surface area contributed by atoms with Crippen LogP contribution in [-0.2, 0) is 6.42 Å². The maximum Gasteiger partial charge on any atom is 0.287 e. The van der Waals surface area contributed by atoms with Gasteiger partial charge in [-0.05, 0) is 36.6 Å². The Bertz CT molecular complexity index is 738. The van der Waals surface area contributed by atoms with Crippen LogP contribution in [0.5, 0.6) is 0 Å². The monoisotopic (exact) mass is 355 g/mol. The number of hydrogen-bond acceptors (Lipinski definition) is 6. The van der Waals surface area contributed by atoms with Crippen molar-refractivity contribution in [3.63, 3.8) is 0 Å². The minimum Gasteiger partial charge on any atom is -0.459 e. The first-order chi connectivity index (χ1) is 12.8. The summed E-state index contributed by atoms with van der Waals surface area (Å²) in [5.74, 6) is 1.30. The summed E-state index contributed by atoms with van der Waals surface area (Å²) in [6.45, 7) is 6.36. The summed E-state index contributed by atoms with van der Waals surface area (Å²) < 4.78 is 5.10. The molecule has 4 heterocycles. The van der Waals surface area contributed by atoms with Crippen molar-refractivity contribution in [2.45, 2.75) is 12.8 Å². The molecule has 0 aromatic carbocycles. The van der Waals surface area contributed by atoms with E-state index in [0.717, 1.165) is 51.5 Å². The van der Waals surface area contributed by atoms with Crippen molar-refractivity contribution in [1.82, 2.24) is 15.2 Å². The Labute approximate surface area is 153 Å². The van der Waals surface area contributed by atoms with E-state index in [4.69, 9.17) is 4.42 Å². The number of carbonyl (C=O) groups is 1. The summed E-state index contributed by atoms with van der Waals surface area (Å²) >= 11 is 0. The Balaban J connectivity index is 1.26. The minimum absolute atomic E-state index is 0.153. The first kappa shape index (κ1) is 16.9. The number of furan rings is 1. The van der Waals surface area contributed by atoms with E-state index < -0.39 is 0 Å². The van der Waals surface area contributed by atoms with Gasteiger partial charge in [0, 0.05) is 52.0 Å². The van der Waals surface area contributed by atoms with Crippen molar-refractivity contribution in [2.75, 3.05) is 56.0 Å². The van der Waals surface area contributed by atoms with Gasteiger partial charge in [0.25, 0.3) is 5.91 Å². The predicted molar refractivity (Wildman–Crippen MR) is 101 cm³/mol. The molecular formula is C19H25N5O2. The smallest absolute Gasteiger partial charge is 0.287 e. The van der Waals surface area contributed by atoms with E-state index in [2.05, 4.69) is 31.5 Å². The fourth-order valence-corrected chi connectivity index (χ4v) is 3.63. The highest BCUT2D eigenvalue weighted by atomic mass is 16.3. The van der Waals surface area contributed by atoms with Gasteiger partial charge >= 0.3 is 0 Å². The number of anilines is 2. The third-order valence-electron chi connectivity index (χ3n) is 5.07. The number of pyridine rings is 1. The van der Waals surface area contributed by atoms with Gasteiger partial charge in [0.1, 0.15) is 0 Å². The number of carbonyl (C=O) groups excluding carboxylic acids is 1. The van der Waals surface area contributed by atoms with Crippen LogP contribution < -0.4 is 15.5 Å². The molecule has 0 saturated carbocycles. The quantitative estimate of drug-likeness (QED) is 0.848. The molecule has 0 radical (unpaired) electrons. The number of nitrogens with one attached hydrogen (secondary N) is 2. The SMILES string of the molecule is O=C(NCCN1CCN(c2nccc3c2NCCC3)CC1)c1ccco1. The number of fused-ring (bicyclic) bond motifs is 1. The molecule has 138 valence electrons. The summed E-state index contributed by atoms with van der Waals surface area (Å²) in [6, 6.07) is 5.53. The second-order valence-electron chi connectivity index (χ2n) is 6.76. The summed E-state index contributed by atoms with van der Waals surface area (Å²) in [5.41, 5.74) is 2.60. The van der Waals surface area contributed by atoms with Crippen LogP contribution >= 0.6 is 0 Å². The van der Waals surface area contributed by atoms with Gasteiger partial charge in [0.2, 0.25) is 0 Å². The molecule has 2 aromatic heterocycles. The Kier molecular flexibility index (Phi) is 5.06. The van der Waals surface area contributed by atoms with E-state index in [1.54, 1.807) is 12.1 Å². The Morgan fingerprint density at radius 1 is 1.27 bits per heavy atom. The fraction of sp³-hybridized carbons (Fsp3) is 0.474. The average Bonchev–Trinajstić information content (AvgIpc) is 3.23. The van der Waals surface area contributed by atoms with Gasteiger partial charge in [-0.2, -0.15) is 0 Å². The Morgan fingerprint density at radius 2 is 2.15 bits per heavy atom. The lowest BCUT2D eigenvalue weighted by molar-refractivity contribution is 0.0920. The molecule has 0 spiro atoms. The molecule has 1 amide bonds. The van der Waals surface area contributed by atoms with E-state index in [9.17, 15) is 4.79 Å². The topological polar surface area (TPSA) is 73.6 Å². The Morgan fingerprint density at radius 3 is 2.96 bits per heavy atom. The van der Waals surface area contributed by atoms with Crippen molar-refractivity contribution >= 4 is 17.4 Å². The van der Waals surface area contributed by atoms with Crippen LogP contribution in [0.4, 0.5) is 11.5 Å². The standard InChI is InChI=1S/C19H25N5O2/c25-19(16-4-2-14-26-16)22-8-9-23-10-12-24(13-11-23)18-17-15(5-7-21-18)3-1-6-20-17/h2,4-5,7,14,20H,1,3,6,8-13H2,(H,22,25). The lowest BCUT2D eigenvalue weighted by Gasteiger charge is -2.37. The molecule has 1 saturated heterocycles. The lowest BCUT2D eigenvalue weighted by atomic mass is 10.0. The first-order valence-electron chi connectivity index (χ1n) is 9.32. The van der Waals surface area contributed by atoms with E-state index in [1.165, 1.54) is 23.9 Å². The van der Waals surface area contributed by atoms with Gasteiger partial charge < -0.3 is 20.0 Å². The number of hydrogen-bond donors (Lipinski definition) is 2. The van der Waals surface area contributed by atoms with Gasteiger partial charge in [-0.25, -0.2) is 4.98 Å². The van der Waals surface area contributed by atoms with Crippen LogP contribution in [0, 0.1) is 0 Å². The van der Waals surface area contributed by atoms with Crippen LogP contribution in [0.2, 0.25) is 0 Å². The molecule has 26 heavy (non-hydrogen) atoms. The largest absolute Gasteiger partial charge is 0.459 e. The summed E-state index contributed by atoms with van der Waals surface area (Å²) in [7, 11) is 0. The maximum absolute atomic E-state index is 11.9. The third-order valence-corrected chi connectivity index (χ3v) is 5.07. The van der Waals surface area contributed by atoms with Crippen molar-refractivity contribution in [3.8, 4) is 0 Å². The summed E-state index contributed by atoms with van der Waals surface area (Å²) in [4.78, 5) is 21.3. The van der Waals surface area contributed by atoms with Crippen LogP contribution in [0.3, 0.4) is 0 Å². The molecule has 1 fully saturated rings. The van der Waals surface area contributed by atoms with Crippen LogP contribution in [-0.4, -0.2) is 61.6 Å². The van der Waals surface area contributed by atoms with Crippen LogP contribution in [0.25, 0.3) is 0 Å². The molecule has 0 unspecified atom stereocenters. The number of amides is 1. The molecule has 2 aliphatic rings. The molecule has 7 nitrogen and oxygen atoms in total. The molecule has 2 N–H and O–H groups in total. The van der Waals surface area contributed by atoms with Crippen LogP contribution in [0.15, 0.2) is 35.1 Å². The first-order valence-corrected chi connectivity index (χ1v) is 9.32. The van der Waals surface area contributed by atoms with Gasteiger partial charge in [-0.1, -0.05) is 0 Å². The van der Waals surface area contributed by atoms with Gasteiger partial charge in [0.05, 0.1) is 12.0 Å². The molecular weight excluding hydrogens is 330 g/mol. The van der Waals surface area contributed by atoms with E-state index in [0.29, 0.717) is 12.3 Å². The second-order valence-corrected chi connectivity index (χ2v) is 6.76. The zero-order valence-electron chi connectivity index (χ0n) is 14.9. The molecule has 0 bridgehead atoms. The van der Waals surface area contributed by atoms with E-state index in [1.807, 2.05) is 6.20 Å². The molecule has 0 aliphatic carbocycles. The van der Waals surface area contributed by atoms with E-state index >= 15 is 0 Å². The lowest BCUT2D eigenvalue weighted by Crippen LogP contribution is -2.49. The highest BCUT2D eigenvalue weighted by molar-refractivity contribution is 5.91. The third kappa shape index (κ3) is 3.67. The number of rotatable bonds is 5. The second kappa shape index (κ2) is 7.78. The van der Waals surface area contributed by atoms with Crippen molar-refractivity contribution in [1.29, 1.82) is 0 Å². The van der Waals surface area contributed by atoms with Crippen molar-refractivity contribution in [3.05, 3.63) is 42.0 Å². The number of nitrogens with zero attached hydrogens (tertiary/aromatic N) is 3. The maximum atomic E-state index is 11.9. The fourth-order valence-electron chi connectivity index (χ4n) is 3.63. The molecule has 0 atom stereocenters.